The van der Waals surface area contributed by atoms with Gasteiger partial charge in [0.25, 0.3) is 0 Å². The Morgan fingerprint density at radius 3 is 3.26 bits per heavy atom. The number of amides is 1. The second-order valence-corrected chi connectivity index (χ2v) is 6.19. The van der Waals surface area contributed by atoms with Crippen molar-refractivity contribution in [2.24, 2.45) is 0 Å². The molecule has 1 saturated heterocycles. The van der Waals surface area contributed by atoms with Crippen LogP contribution in [0.5, 0.6) is 0 Å². The van der Waals surface area contributed by atoms with E-state index in [0.717, 1.165) is 49.1 Å². The van der Waals surface area contributed by atoms with Crippen LogP contribution < -0.4 is 10.6 Å². The third kappa shape index (κ3) is 2.62. The van der Waals surface area contributed by atoms with Crippen molar-refractivity contribution in [1.82, 2.24) is 25.4 Å². The summed E-state index contributed by atoms with van der Waals surface area (Å²) >= 11 is 1.82. The molecule has 0 aromatic carbocycles. The summed E-state index contributed by atoms with van der Waals surface area (Å²) in [6, 6.07) is -0.164. The third-order valence-corrected chi connectivity index (χ3v) is 4.68. The predicted molar refractivity (Wildman–Crippen MR) is 74.0 cm³/mol. The van der Waals surface area contributed by atoms with Gasteiger partial charge in [-0.25, -0.2) is 0 Å². The Labute approximate surface area is 116 Å². The average Bonchev–Trinajstić information content (AvgIpc) is 3.01. The van der Waals surface area contributed by atoms with Crippen LogP contribution in [0, 0.1) is 0 Å². The van der Waals surface area contributed by atoms with E-state index in [9.17, 15) is 4.79 Å². The summed E-state index contributed by atoms with van der Waals surface area (Å²) in [6.45, 7) is 3.84. The van der Waals surface area contributed by atoms with Gasteiger partial charge in [0.1, 0.15) is 5.82 Å². The second kappa shape index (κ2) is 5.50. The van der Waals surface area contributed by atoms with Crippen LogP contribution in [0.1, 0.15) is 31.0 Å². The monoisotopic (exact) mass is 281 g/mol. The van der Waals surface area contributed by atoms with Crippen molar-refractivity contribution in [3.8, 4) is 0 Å². The van der Waals surface area contributed by atoms with Gasteiger partial charge in [-0.1, -0.05) is 0 Å². The van der Waals surface area contributed by atoms with E-state index >= 15 is 0 Å². The molecule has 0 bridgehead atoms. The standard InChI is InChI=1S/C12H19N5OS/c1-8(11-16-15-10-3-2-5-17(10)11)14-12(18)9-7-19-6-4-13-9/h8-9,13H,2-7H2,1H3,(H,14,18). The molecule has 0 aliphatic carbocycles. The van der Waals surface area contributed by atoms with Crippen molar-refractivity contribution in [2.45, 2.75) is 38.4 Å². The highest BCUT2D eigenvalue weighted by molar-refractivity contribution is 7.99. The molecule has 1 fully saturated rings. The summed E-state index contributed by atoms with van der Waals surface area (Å²) in [4.78, 5) is 12.2. The van der Waals surface area contributed by atoms with E-state index in [1.165, 1.54) is 0 Å². The number of thioether (sulfide) groups is 1. The summed E-state index contributed by atoms with van der Waals surface area (Å²) in [5.41, 5.74) is 0. The van der Waals surface area contributed by atoms with Gasteiger partial charge in [-0.3, -0.25) is 4.79 Å². The molecular weight excluding hydrogens is 262 g/mol. The lowest BCUT2D eigenvalue weighted by Gasteiger charge is -2.24. The maximum Gasteiger partial charge on any atom is 0.238 e. The summed E-state index contributed by atoms with van der Waals surface area (Å²) in [5.74, 6) is 3.91. The summed E-state index contributed by atoms with van der Waals surface area (Å²) in [7, 11) is 0. The Hall–Kier alpha value is -1.08. The number of hydrogen-bond donors (Lipinski definition) is 2. The molecule has 19 heavy (non-hydrogen) atoms. The maximum atomic E-state index is 12.2. The van der Waals surface area contributed by atoms with E-state index in [-0.39, 0.29) is 18.0 Å². The Bertz CT molecular complexity index is 469. The zero-order chi connectivity index (χ0) is 13.2. The van der Waals surface area contributed by atoms with Crippen molar-refractivity contribution in [2.75, 3.05) is 18.1 Å². The Morgan fingerprint density at radius 1 is 1.58 bits per heavy atom. The molecule has 1 aromatic rings. The van der Waals surface area contributed by atoms with Crippen LogP contribution in [0.25, 0.3) is 0 Å². The number of fused-ring (bicyclic) bond motifs is 1. The molecule has 2 aliphatic rings. The first kappa shape index (κ1) is 12.9. The highest BCUT2D eigenvalue weighted by atomic mass is 32.2. The number of aromatic nitrogens is 3. The number of rotatable bonds is 3. The van der Waals surface area contributed by atoms with Crippen molar-refractivity contribution in [1.29, 1.82) is 0 Å². The van der Waals surface area contributed by atoms with Crippen LogP contribution in [0.4, 0.5) is 0 Å². The number of carbonyl (C=O) groups is 1. The zero-order valence-corrected chi connectivity index (χ0v) is 11.9. The summed E-state index contributed by atoms with van der Waals surface area (Å²) < 4.78 is 2.13. The summed E-state index contributed by atoms with van der Waals surface area (Å²) in [5, 5.41) is 14.7. The molecule has 6 nitrogen and oxygen atoms in total. The number of carbonyl (C=O) groups excluding carboxylic acids is 1. The zero-order valence-electron chi connectivity index (χ0n) is 11.1. The van der Waals surface area contributed by atoms with Crippen LogP contribution >= 0.6 is 11.8 Å². The molecular formula is C12H19N5OS. The Balaban J connectivity index is 1.64. The molecule has 0 spiro atoms. The van der Waals surface area contributed by atoms with Gasteiger partial charge in [-0.2, -0.15) is 11.8 Å². The molecule has 1 amide bonds. The molecule has 2 unspecified atom stereocenters. The molecule has 2 N–H and O–H groups in total. The molecule has 7 heteroatoms. The van der Waals surface area contributed by atoms with Crippen LogP contribution in [0.3, 0.4) is 0 Å². The van der Waals surface area contributed by atoms with Crippen molar-refractivity contribution >= 4 is 17.7 Å². The first-order valence-corrected chi connectivity index (χ1v) is 7.94. The third-order valence-electron chi connectivity index (χ3n) is 3.62. The van der Waals surface area contributed by atoms with Gasteiger partial charge >= 0.3 is 0 Å². The van der Waals surface area contributed by atoms with Crippen molar-refractivity contribution in [3.63, 3.8) is 0 Å². The van der Waals surface area contributed by atoms with Crippen LogP contribution in [-0.2, 0) is 17.8 Å². The van der Waals surface area contributed by atoms with Gasteiger partial charge in [0.2, 0.25) is 5.91 Å². The fourth-order valence-electron chi connectivity index (χ4n) is 2.61. The SMILES string of the molecule is CC(NC(=O)C1CSCCN1)c1nnc2n1CCC2. The van der Waals surface area contributed by atoms with E-state index in [2.05, 4.69) is 25.4 Å². The number of aryl methyl sites for hydroxylation is 1. The van der Waals surface area contributed by atoms with E-state index in [1.807, 2.05) is 18.7 Å². The van der Waals surface area contributed by atoms with Gasteiger partial charge in [-0.05, 0) is 13.3 Å². The van der Waals surface area contributed by atoms with Gasteiger partial charge in [0, 0.05) is 31.0 Å². The molecule has 0 radical (unpaired) electrons. The van der Waals surface area contributed by atoms with Crippen molar-refractivity contribution < 1.29 is 4.79 Å². The first-order valence-electron chi connectivity index (χ1n) is 6.79. The van der Waals surface area contributed by atoms with E-state index < -0.39 is 0 Å². The van der Waals surface area contributed by atoms with Gasteiger partial charge in [-0.15, -0.1) is 10.2 Å². The van der Waals surface area contributed by atoms with Gasteiger partial charge in [0.05, 0.1) is 12.1 Å². The van der Waals surface area contributed by atoms with Crippen molar-refractivity contribution in [3.05, 3.63) is 11.6 Å². The largest absolute Gasteiger partial charge is 0.345 e. The second-order valence-electron chi connectivity index (χ2n) is 5.04. The number of nitrogens with one attached hydrogen (secondary N) is 2. The molecule has 1 aromatic heterocycles. The first-order chi connectivity index (χ1) is 9.25. The topological polar surface area (TPSA) is 71.8 Å². The minimum absolute atomic E-state index is 0.0649. The molecule has 3 heterocycles. The van der Waals surface area contributed by atoms with Crippen LogP contribution in [-0.4, -0.2) is 44.8 Å². The Kier molecular flexibility index (Phi) is 3.74. The van der Waals surface area contributed by atoms with Crippen LogP contribution in [0.2, 0.25) is 0 Å². The number of hydrogen-bond acceptors (Lipinski definition) is 5. The normalized spacial score (nSPS) is 23.9. The summed E-state index contributed by atoms with van der Waals surface area (Å²) in [6.07, 6.45) is 2.12. The predicted octanol–water partition coefficient (Wildman–Crippen LogP) is 0.107. The minimum Gasteiger partial charge on any atom is -0.345 e. The van der Waals surface area contributed by atoms with E-state index in [4.69, 9.17) is 0 Å². The molecule has 2 aliphatic heterocycles. The van der Waals surface area contributed by atoms with Gasteiger partial charge in [0.15, 0.2) is 5.82 Å². The number of nitrogens with zero attached hydrogens (tertiary/aromatic N) is 3. The van der Waals surface area contributed by atoms with E-state index in [0.29, 0.717) is 0 Å². The van der Waals surface area contributed by atoms with Crippen LogP contribution in [0.15, 0.2) is 0 Å². The molecule has 2 atom stereocenters. The quantitative estimate of drug-likeness (QED) is 0.822. The maximum absolute atomic E-state index is 12.2. The smallest absolute Gasteiger partial charge is 0.238 e. The average molecular weight is 281 g/mol. The van der Waals surface area contributed by atoms with E-state index in [1.54, 1.807) is 0 Å². The minimum atomic E-state index is -0.0828. The lowest BCUT2D eigenvalue weighted by atomic mass is 10.2. The van der Waals surface area contributed by atoms with Gasteiger partial charge < -0.3 is 15.2 Å². The molecule has 0 saturated carbocycles. The fourth-order valence-corrected chi connectivity index (χ4v) is 3.54. The highest BCUT2D eigenvalue weighted by Crippen LogP contribution is 2.19. The molecule has 104 valence electrons. The Morgan fingerprint density at radius 2 is 2.47 bits per heavy atom. The highest BCUT2D eigenvalue weighted by Gasteiger charge is 2.26. The molecule has 3 rings (SSSR count). The lowest BCUT2D eigenvalue weighted by molar-refractivity contribution is -0.123. The fraction of sp³-hybridized carbons (Fsp3) is 0.750. The lowest BCUT2D eigenvalue weighted by Crippen LogP contribution is -2.49.